The Morgan fingerprint density at radius 1 is 0.897 bits per heavy atom. The first kappa shape index (κ1) is 24.8. The number of fused-ring (bicyclic) bond motifs is 1. The fraction of sp³-hybridized carbons (Fsp3) is 0.0385. The maximum Gasteiger partial charge on any atom is 0.328 e. The number of carbonyl (C=O) groups is 2. The van der Waals surface area contributed by atoms with Crippen molar-refractivity contribution in [2.75, 3.05) is 17.2 Å². The minimum absolute atomic E-state index is 0.0181. The van der Waals surface area contributed by atoms with Gasteiger partial charge in [0.05, 0.1) is 0 Å². The highest BCUT2D eigenvalue weighted by atomic mass is 16.5. The lowest BCUT2D eigenvalue weighted by Gasteiger charge is -2.20. The fourth-order valence-electron chi connectivity index (χ4n) is 3.51. The van der Waals surface area contributed by atoms with Crippen molar-refractivity contribution in [2.24, 2.45) is 11.5 Å². The zero-order valence-corrected chi connectivity index (χ0v) is 20.1. The molecule has 5 rings (SSSR count). The van der Waals surface area contributed by atoms with Gasteiger partial charge in [0.2, 0.25) is 5.88 Å². The second kappa shape index (κ2) is 10.6. The van der Waals surface area contributed by atoms with E-state index in [9.17, 15) is 9.59 Å². The van der Waals surface area contributed by atoms with E-state index in [2.05, 4.69) is 20.6 Å². The van der Waals surface area contributed by atoms with Crippen LogP contribution in [0.15, 0.2) is 72.8 Å². The Morgan fingerprint density at radius 3 is 2.38 bits per heavy atom. The van der Waals surface area contributed by atoms with Crippen LogP contribution in [0.4, 0.5) is 16.2 Å². The molecule has 13 heteroatoms. The molecule has 2 heterocycles. The molecule has 196 valence electrons. The Morgan fingerprint density at radius 2 is 1.64 bits per heavy atom. The molecule has 0 radical (unpaired) electrons. The lowest BCUT2D eigenvalue weighted by Crippen LogP contribution is -2.26. The number of para-hydroxylation sites is 1. The monoisotopic (exact) mass is 527 g/mol. The number of nitrogen functional groups attached to an aromatic ring is 1. The molecule has 0 aliphatic carbocycles. The molecule has 0 bridgehead atoms. The number of amidine groups is 1. The van der Waals surface area contributed by atoms with E-state index >= 15 is 0 Å². The first-order chi connectivity index (χ1) is 18.8. The summed E-state index contributed by atoms with van der Waals surface area (Å²) in [6, 6.07) is 19.2. The zero-order valence-electron chi connectivity index (χ0n) is 20.1. The molecule has 0 spiro atoms. The summed E-state index contributed by atoms with van der Waals surface area (Å²) in [5.74, 6) is 0.673. The van der Waals surface area contributed by atoms with Gasteiger partial charge in [-0.25, -0.2) is 4.79 Å². The number of anilines is 2. The van der Waals surface area contributed by atoms with Gasteiger partial charge < -0.3 is 41.0 Å². The summed E-state index contributed by atoms with van der Waals surface area (Å²) in [6.45, 7) is -0.268. The first-order valence-corrected chi connectivity index (χ1v) is 11.4. The molecule has 4 aromatic rings. The van der Waals surface area contributed by atoms with E-state index in [1.54, 1.807) is 42.5 Å². The predicted octanol–water partition coefficient (Wildman–Crippen LogP) is 3.96. The molecule has 1 aromatic heterocycles. The van der Waals surface area contributed by atoms with Crippen molar-refractivity contribution < 1.29 is 28.5 Å². The van der Waals surface area contributed by atoms with Gasteiger partial charge >= 0.3 is 12.0 Å². The molecule has 0 atom stereocenters. The first-order valence-electron chi connectivity index (χ1n) is 11.4. The van der Waals surface area contributed by atoms with Gasteiger partial charge in [0.25, 0.3) is 11.8 Å². The van der Waals surface area contributed by atoms with E-state index in [-0.39, 0.29) is 47.4 Å². The molecule has 0 saturated carbocycles. The highest BCUT2D eigenvalue weighted by Gasteiger charge is 2.26. The summed E-state index contributed by atoms with van der Waals surface area (Å²) in [7, 11) is 0. The number of primary amides is 1. The number of hydrogen-bond acceptors (Lipinski definition) is 9. The molecule has 0 fully saturated rings. The van der Waals surface area contributed by atoms with Crippen LogP contribution >= 0.6 is 0 Å². The summed E-state index contributed by atoms with van der Waals surface area (Å²) in [5.41, 5.74) is 11.7. The van der Waals surface area contributed by atoms with E-state index in [0.29, 0.717) is 22.7 Å². The zero-order chi connectivity index (χ0) is 27.4. The van der Waals surface area contributed by atoms with E-state index < -0.39 is 11.9 Å². The van der Waals surface area contributed by atoms with Crippen LogP contribution in [-0.2, 0) is 4.79 Å². The normalized spacial score (nSPS) is 11.8. The number of nitrogens with zero attached hydrogens (tertiary/aromatic N) is 2. The maximum atomic E-state index is 12.0. The second-order valence-corrected chi connectivity index (χ2v) is 8.07. The van der Waals surface area contributed by atoms with E-state index in [4.69, 9.17) is 35.8 Å². The summed E-state index contributed by atoms with van der Waals surface area (Å²) >= 11 is 0. The number of ether oxygens (including phenoxy) is 4. The number of amides is 3. The summed E-state index contributed by atoms with van der Waals surface area (Å²) < 4.78 is 23.1. The highest BCUT2D eigenvalue weighted by Crippen LogP contribution is 2.40. The second-order valence-electron chi connectivity index (χ2n) is 8.07. The molecule has 39 heavy (non-hydrogen) atoms. The topological polar surface area (TPSA) is 197 Å². The number of aromatic nitrogens is 2. The molecule has 0 unspecified atom stereocenters. The Labute approximate surface area is 221 Å². The summed E-state index contributed by atoms with van der Waals surface area (Å²) in [5, 5.41) is 13.0. The number of urea groups is 1. The Hall–Kier alpha value is -5.85. The van der Waals surface area contributed by atoms with Crippen LogP contribution in [0.2, 0.25) is 0 Å². The van der Waals surface area contributed by atoms with Gasteiger partial charge in [0.1, 0.15) is 28.8 Å². The molecule has 1 aliphatic rings. The lowest BCUT2D eigenvalue weighted by molar-refractivity contribution is -0.118. The van der Waals surface area contributed by atoms with Gasteiger partial charge in [-0.1, -0.05) is 24.3 Å². The third-order valence-corrected chi connectivity index (χ3v) is 5.12. The average molecular weight is 527 g/mol. The van der Waals surface area contributed by atoms with Crippen LogP contribution in [0.1, 0.15) is 5.56 Å². The van der Waals surface area contributed by atoms with Crippen molar-refractivity contribution in [3.63, 3.8) is 0 Å². The van der Waals surface area contributed by atoms with Crippen molar-refractivity contribution in [3.05, 3.63) is 78.4 Å². The predicted molar refractivity (Wildman–Crippen MR) is 140 cm³/mol. The quantitative estimate of drug-likeness (QED) is 0.166. The average Bonchev–Trinajstić information content (AvgIpc) is 2.89. The third-order valence-electron chi connectivity index (χ3n) is 5.12. The van der Waals surface area contributed by atoms with Gasteiger partial charge in [-0.15, -0.1) is 0 Å². The summed E-state index contributed by atoms with van der Waals surface area (Å²) in [4.78, 5) is 31.7. The minimum atomic E-state index is -0.736. The fourth-order valence-corrected chi connectivity index (χ4v) is 3.51. The van der Waals surface area contributed by atoms with Gasteiger partial charge in [-0.3, -0.25) is 10.2 Å². The van der Waals surface area contributed by atoms with E-state index in [1.807, 2.05) is 18.2 Å². The lowest BCUT2D eigenvalue weighted by atomic mass is 10.2. The molecule has 3 aromatic carbocycles. The molecule has 0 saturated heterocycles. The molecule has 7 N–H and O–H groups in total. The van der Waals surface area contributed by atoms with Crippen LogP contribution < -0.4 is 41.0 Å². The van der Waals surface area contributed by atoms with Gasteiger partial charge in [0, 0.05) is 23.4 Å². The van der Waals surface area contributed by atoms with Crippen LogP contribution in [0, 0.1) is 5.41 Å². The van der Waals surface area contributed by atoms with E-state index in [0.717, 1.165) is 0 Å². The van der Waals surface area contributed by atoms with Crippen molar-refractivity contribution in [1.82, 2.24) is 9.97 Å². The summed E-state index contributed by atoms with van der Waals surface area (Å²) in [6.07, 6.45) is 0. The minimum Gasteiger partial charge on any atom is -0.466 e. The smallest absolute Gasteiger partial charge is 0.328 e. The van der Waals surface area contributed by atoms with Crippen LogP contribution in [-0.4, -0.2) is 34.3 Å². The van der Waals surface area contributed by atoms with E-state index in [1.165, 1.54) is 12.1 Å². The number of hydrogen-bond donors (Lipinski definition) is 5. The van der Waals surface area contributed by atoms with Crippen LogP contribution in [0.3, 0.4) is 0 Å². The van der Waals surface area contributed by atoms with Crippen molar-refractivity contribution in [2.45, 2.75) is 0 Å². The SMILES string of the molecule is N=C(N)c1cc(Oc2ccccc2)cc(Oc2nc(Oc3cccc(NC(N)=O)c3)nc3c2NC(=O)CO3)c1. The largest absolute Gasteiger partial charge is 0.466 e. The Balaban J connectivity index is 1.50. The van der Waals surface area contributed by atoms with Gasteiger partial charge in [-0.05, 0) is 36.4 Å². The molecular formula is C26H21N7O6. The number of benzene rings is 3. The number of carbonyl (C=O) groups excluding carboxylic acids is 2. The highest BCUT2D eigenvalue weighted by molar-refractivity contribution is 5.97. The van der Waals surface area contributed by atoms with Gasteiger partial charge in [-0.2, -0.15) is 9.97 Å². The molecule has 3 amide bonds. The Bertz CT molecular complexity index is 1580. The van der Waals surface area contributed by atoms with Crippen LogP contribution in [0.25, 0.3) is 0 Å². The van der Waals surface area contributed by atoms with Crippen molar-refractivity contribution in [3.8, 4) is 40.8 Å². The maximum absolute atomic E-state index is 12.0. The number of nitrogens with one attached hydrogen (secondary N) is 3. The van der Waals surface area contributed by atoms with Crippen molar-refractivity contribution in [1.29, 1.82) is 5.41 Å². The molecular weight excluding hydrogens is 506 g/mol. The molecule has 1 aliphatic heterocycles. The van der Waals surface area contributed by atoms with Gasteiger partial charge in [0.15, 0.2) is 12.3 Å². The third kappa shape index (κ3) is 6.11. The Kier molecular flexibility index (Phi) is 6.77. The number of nitrogens with two attached hydrogens (primary N) is 2. The number of rotatable bonds is 8. The standard InChI is InChI=1S/C26H21N7O6/c27-22(28)14-9-18(37-16-6-2-1-3-7-16)12-19(10-14)38-24-21-23(36-13-20(34)31-21)32-26(33-24)39-17-8-4-5-15(11-17)30-25(29)35/h1-12H,13H2,(H3,27,28)(H,31,34)(H3,29,30,35). The van der Waals surface area contributed by atoms with Crippen LogP contribution in [0.5, 0.6) is 40.8 Å². The molecule has 13 nitrogen and oxygen atoms in total. The van der Waals surface area contributed by atoms with Crippen molar-refractivity contribution >= 4 is 29.1 Å².